The molecule has 0 atom stereocenters. The van der Waals surface area contributed by atoms with Crippen molar-refractivity contribution in [3.8, 4) is 11.5 Å². The SMILES string of the molecule is CCCOc1c(I)cc(C(=O)Nc2cc(Cl)ccc2Cl)cc1OC. The molecule has 0 unspecified atom stereocenters. The number of rotatable bonds is 6. The molecule has 0 fully saturated rings. The first kappa shape index (κ1) is 19.1. The molecule has 7 heteroatoms. The summed E-state index contributed by atoms with van der Waals surface area (Å²) in [6.45, 7) is 2.60. The Labute approximate surface area is 164 Å². The standard InChI is InChI=1S/C17H16Cl2INO3/c1-3-6-24-16-13(20)7-10(8-15(16)23-2)17(22)21-14-9-11(18)4-5-12(14)19/h4-5,7-9H,3,6H2,1-2H3,(H,21,22). The molecule has 0 heterocycles. The van der Waals surface area contributed by atoms with Gasteiger partial charge in [0.05, 0.1) is 28.0 Å². The lowest BCUT2D eigenvalue weighted by atomic mass is 10.1. The van der Waals surface area contributed by atoms with Gasteiger partial charge in [-0.2, -0.15) is 0 Å². The molecule has 2 aromatic carbocycles. The fourth-order valence-electron chi connectivity index (χ4n) is 1.98. The monoisotopic (exact) mass is 479 g/mol. The molecule has 4 nitrogen and oxygen atoms in total. The van der Waals surface area contributed by atoms with Crippen molar-refractivity contribution in [1.29, 1.82) is 0 Å². The molecule has 24 heavy (non-hydrogen) atoms. The van der Waals surface area contributed by atoms with Crippen molar-refractivity contribution in [2.45, 2.75) is 13.3 Å². The average Bonchev–Trinajstić information content (AvgIpc) is 2.56. The second-order valence-electron chi connectivity index (χ2n) is 4.92. The van der Waals surface area contributed by atoms with Crippen LogP contribution in [0.25, 0.3) is 0 Å². The van der Waals surface area contributed by atoms with Gasteiger partial charge in [0.25, 0.3) is 5.91 Å². The number of hydrogen-bond acceptors (Lipinski definition) is 3. The van der Waals surface area contributed by atoms with Crippen LogP contribution in [0, 0.1) is 3.57 Å². The van der Waals surface area contributed by atoms with Gasteiger partial charge in [-0.1, -0.05) is 30.1 Å². The number of nitrogens with one attached hydrogen (secondary N) is 1. The van der Waals surface area contributed by atoms with E-state index in [4.69, 9.17) is 32.7 Å². The average molecular weight is 480 g/mol. The first-order valence-electron chi connectivity index (χ1n) is 7.23. The smallest absolute Gasteiger partial charge is 0.255 e. The fourth-order valence-corrected chi connectivity index (χ4v) is 3.08. The molecule has 0 spiro atoms. The van der Waals surface area contributed by atoms with Gasteiger partial charge in [0.15, 0.2) is 11.5 Å². The zero-order chi connectivity index (χ0) is 17.7. The van der Waals surface area contributed by atoms with E-state index in [-0.39, 0.29) is 5.91 Å². The number of halogens is 3. The van der Waals surface area contributed by atoms with E-state index in [0.717, 1.165) is 9.99 Å². The highest BCUT2D eigenvalue weighted by Gasteiger charge is 2.16. The molecular formula is C17H16Cl2INO3. The summed E-state index contributed by atoms with van der Waals surface area (Å²) >= 11 is 14.1. The van der Waals surface area contributed by atoms with Crippen LogP contribution in [0.1, 0.15) is 23.7 Å². The van der Waals surface area contributed by atoms with E-state index < -0.39 is 0 Å². The van der Waals surface area contributed by atoms with Gasteiger partial charge < -0.3 is 14.8 Å². The largest absolute Gasteiger partial charge is 0.493 e. The summed E-state index contributed by atoms with van der Waals surface area (Å²) < 4.78 is 11.8. The van der Waals surface area contributed by atoms with Gasteiger partial charge in [0.2, 0.25) is 0 Å². The van der Waals surface area contributed by atoms with Crippen LogP contribution < -0.4 is 14.8 Å². The molecule has 0 saturated heterocycles. The predicted molar refractivity (Wildman–Crippen MR) is 106 cm³/mol. The van der Waals surface area contributed by atoms with Crippen LogP contribution in [-0.2, 0) is 0 Å². The van der Waals surface area contributed by atoms with Crippen molar-refractivity contribution in [3.05, 3.63) is 49.5 Å². The molecule has 128 valence electrons. The number of methoxy groups -OCH3 is 1. The maximum absolute atomic E-state index is 12.5. The van der Waals surface area contributed by atoms with Gasteiger partial charge in [-0.25, -0.2) is 0 Å². The lowest BCUT2D eigenvalue weighted by Gasteiger charge is -2.14. The van der Waals surface area contributed by atoms with Crippen LogP contribution in [0.15, 0.2) is 30.3 Å². The maximum Gasteiger partial charge on any atom is 0.255 e. The predicted octanol–water partition coefficient (Wildman–Crippen LogP) is 5.65. The summed E-state index contributed by atoms with van der Waals surface area (Å²) in [5.41, 5.74) is 0.894. The van der Waals surface area contributed by atoms with Crippen molar-refractivity contribution >= 4 is 57.4 Å². The second-order valence-corrected chi connectivity index (χ2v) is 6.92. The summed E-state index contributed by atoms with van der Waals surface area (Å²) in [6.07, 6.45) is 0.884. The summed E-state index contributed by atoms with van der Waals surface area (Å²) in [7, 11) is 1.54. The summed E-state index contributed by atoms with van der Waals surface area (Å²) in [6, 6.07) is 8.27. The van der Waals surface area contributed by atoms with Gasteiger partial charge >= 0.3 is 0 Å². The van der Waals surface area contributed by atoms with Crippen molar-refractivity contribution in [2.24, 2.45) is 0 Å². The highest BCUT2D eigenvalue weighted by molar-refractivity contribution is 14.1. The third kappa shape index (κ3) is 4.68. The minimum atomic E-state index is -0.308. The zero-order valence-corrected chi connectivity index (χ0v) is 16.8. The van der Waals surface area contributed by atoms with Crippen LogP contribution in [-0.4, -0.2) is 19.6 Å². The second kappa shape index (κ2) is 8.78. The number of hydrogen-bond donors (Lipinski definition) is 1. The van der Waals surface area contributed by atoms with E-state index in [2.05, 4.69) is 27.9 Å². The molecule has 0 aliphatic heterocycles. The van der Waals surface area contributed by atoms with Crippen molar-refractivity contribution < 1.29 is 14.3 Å². The highest BCUT2D eigenvalue weighted by atomic mass is 127. The molecule has 0 aromatic heterocycles. The summed E-state index contributed by atoms with van der Waals surface area (Å²) in [5, 5.41) is 3.66. The lowest BCUT2D eigenvalue weighted by Crippen LogP contribution is -2.13. The Kier molecular flexibility index (Phi) is 7.01. The Morgan fingerprint density at radius 3 is 2.67 bits per heavy atom. The van der Waals surface area contributed by atoms with E-state index in [1.54, 1.807) is 37.4 Å². The van der Waals surface area contributed by atoms with Gasteiger partial charge in [0.1, 0.15) is 0 Å². The van der Waals surface area contributed by atoms with Crippen molar-refractivity contribution in [2.75, 3.05) is 19.0 Å². The fraction of sp³-hybridized carbons (Fsp3) is 0.235. The third-order valence-corrected chi connectivity index (χ3v) is 4.48. The van der Waals surface area contributed by atoms with Crippen molar-refractivity contribution in [1.82, 2.24) is 0 Å². The van der Waals surface area contributed by atoms with Crippen LogP contribution >= 0.6 is 45.8 Å². The molecule has 0 saturated carbocycles. The number of carbonyl (C=O) groups is 1. The van der Waals surface area contributed by atoms with Gasteiger partial charge in [-0.05, 0) is 59.3 Å². The van der Waals surface area contributed by atoms with Gasteiger partial charge in [-0.3, -0.25) is 4.79 Å². The Morgan fingerprint density at radius 1 is 1.25 bits per heavy atom. The topological polar surface area (TPSA) is 47.6 Å². The minimum Gasteiger partial charge on any atom is -0.493 e. The quantitative estimate of drug-likeness (QED) is 0.544. The molecule has 0 aliphatic rings. The Morgan fingerprint density at radius 2 is 2.00 bits per heavy atom. The first-order chi connectivity index (χ1) is 11.5. The molecule has 1 amide bonds. The highest BCUT2D eigenvalue weighted by Crippen LogP contribution is 2.34. The zero-order valence-electron chi connectivity index (χ0n) is 13.2. The van der Waals surface area contributed by atoms with E-state index in [9.17, 15) is 4.79 Å². The van der Waals surface area contributed by atoms with Crippen LogP contribution in [0.4, 0.5) is 5.69 Å². The lowest BCUT2D eigenvalue weighted by molar-refractivity contribution is 0.102. The van der Waals surface area contributed by atoms with Gasteiger partial charge in [0, 0.05) is 10.6 Å². The molecule has 2 rings (SSSR count). The number of carbonyl (C=O) groups excluding carboxylic acids is 1. The van der Waals surface area contributed by atoms with E-state index >= 15 is 0 Å². The first-order valence-corrected chi connectivity index (χ1v) is 9.06. The van der Waals surface area contributed by atoms with Crippen LogP contribution in [0.3, 0.4) is 0 Å². The summed E-state index contributed by atoms with van der Waals surface area (Å²) in [5.74, 6) is 0.840. The molecular weight excluding hydrogens is 464 g/mol. The number of ether oxygens (including phenoxy) is 2. The Hall–Kier alpha value is -1.18. The molecule has 2 aromatic rings. The van der Waals surface area contributed by atoms with E-state index in [0.29, 0.717) is 39.4 Å². The van der Waals surface area contributed by atoms with Crippen LogP contribution in [0.5, 0.6) is 11.5 Å². The number of anilines is 1. The maximum atomic E-state index is 12.5. The van der Waals surface area contributed by atoms with Gasteiger partial charge in [-0.15, -0.1) is 0 Å². The third-order valence-electron chi connectivity index (χ3n) is 3.12. The molecule has 0 aliphatic carbocycles. The number of benzene rings is 2. The molecule has 1 N–H and O–H groups in total. The molecule has 0 bridgehead atoms. The van der Waals surface area contributed by atoms with Crippen molar-refractivity contribution in [3.63, 3.8) is 0 Å². The number of amides is 1. The van der Waals surface area contributed by atoms with E-state index in [1.807, 2.05) is 6.92 Å². The summed E-state index contributed by atoms with van der Waals surface area (Å²) in [4.78, 5) is 12.5. The Bertz CT molecular complexity index is 753. The van der Waals surface area contributed by atoms with Crippen LogP contribution in [0.2, 0.25) is 10.0 Å². The minimum absolute atomic E-state index is 0.308. The Balaban J connectivity index is 2.29. The normalized spacial score (nSPS) is 10.4. The van der Waals surface area contributed by atoms with E-state index in [1.165, 1.54) is 0 Å². The molecule has 0 radical (unpaired) electrons.